The van der Waals surface area contributed by atoms with Crippen LogP contribution in [0.15, 0.2) is 170 Å². The highest BCUT2D eigenvalue weighted by atomic mass is 32.1. The zero-order valence-electron chi connectivity index (χ0n) is 31.5. The highest BCUT2D eigenvalue weighted by Gasteiger charge is 2.19. The molecule has 10 rings (SSSR count). The second-order valence-corrected chi connectivity index (χ2v) is 13.1. The van der Waals surface area contributed by atoms with Gasteiger partial charge >= 0.3 is 0 Å². The van der Waals surface area contributed by atoms with Crippen molar-refractivity contribution in [2.24, 2.45) is 0 Å². The topological polar surface area (TPSA) is 43.6 Å². The smallest absolute Gasteiger partial charge is 0.165 e. The minimum atomic E-state index is -0.443. The van der Waals surface area contributed by atoms with Gasteiger partial charge in [0.05, 0.1) is 17.9 Å². The number of hydrogen-bond donors (Lipinski definition) is 0. The van der Waals surface area contributed by atoms with E-state index in [1.54, 1.807) is 23.5 Å². The average Bonchev–Trinajstić information content (AvgIpc) is 3.78. The van der Waals surface area contributed by atoms with E-state index < -0.39 is 18.1 Å². The highest BCUT2D eigenvalue weighted by Crippen LogP contribution is 2.40. The van der Waals surface area contributed by atoms with Gasteiger partial charge in [-0.15, -0.1) is 11.3 Å². The molecule has 0 aliphatic heterocycles. The van der Waals surface area contributed by atoms with Crippen LogP contribution in [0.5, 0.6) is 0 Å². The summed E-state index contributed by atoms with van der Waals surface area (Å²) in [7, 11) is 0. The Balaban J connectivity index is 1.19. The first-order valence-electron chi connectivity index (χ1n) is 18.8. The molecule has 3 heterocycles. The number of aromatic nitrogens is 4. The molecule has 0 aliphatic carbocycles. The Kier molecular flexibility index (Phi) is 5.54. The molecule has 4 nitrogen and oxygen atoms in total. The monoisotopic (exact) mass is 661 g/mol. The van der Waals surface area contributed by atoms with E-state index in [0.717, 1.165) is 48.0 Å². The second-order valence-electron chi connectivity index (χ2n) is 12.0. The van der Waals surface area contributed by atoms with Gasteiger partial charge in [-0.05, 0) is 59.7 Å². The van der Waals surface area contributed by atoms with E-state index in [2.05, 4.69) is 83.4 Å². The molecule has 3 aromatic heterocycles. The molecule has 0 saturated heterocycles. The van der Waals surface area contributed by atoms with Crippen molar-refractivity contribution >= 4 is 53.3 Å². The zero-order chi connectivity index (χ0) is 37.4. The van der Waals surface area contributed by atoms with Gasteiger partial charge in [0.25, 0.3) is 0 Å². The van der Waals surface area contributed by atoms with Crippen LogP contribution in [-0.2, 0) is 0 Å². The number of benzene rings is 7. The third-order valence-corrected chi connectivity index (χ3v) is 10.4. The van der Waals surface area contributed by atoms with Crippen LogP contribution in [-0.4, -0.2) is 19.5 Å². The van der Waals surface area contributed by atoms with Crippen molar-refractivity contribution in [3.05, 3.63) is 170 Å². The van der Waals surface area contributed by atoms with Crippen molar-refractivity contribution < 1.29 is 6.85 Å². The molecule has 0 N–H and O–H groups in total. The van der Waals surface area contributed by atoms with Crippen molar-refractivity contribution in [1.82, 2.24) is 19.5 Å². The largest absolute Gasteiger partial charge is 0.309 e. The number of para-hydroxylation sites is 2. The van der Waals surface area contributed by atoms with Gasteiger partial charge in [-0.3, -0.25) is 0 Å². The first-order chi connectivity index (χ1) is 26.9. The van der Waals surface area contributed by atoms with Crippen LogP contribution >= 0.6 is 11.3 Å². The first-order valence-corrected chi connectivity index (χ1v) is 17.1. The lowest BCUT2D eigenvalue weighted by Gasteiger charge is -2.13. The van der Waals surface area contributed by atoms with Crippen LogP contribution in [0.4, 0.5) is 0 Å². The molecule has 0 amide bonds. The maximum absolute atomic E-state index is 8.78. The van der Waals surface area contributed by atoms with Crippen LogP contribution in [0.2, 0.25) is 0 Å². The molecule has 0 radical (unpaired) electrons. The second kappa shape index (κ2) is 11.6. The Morgan fingerprint density at radius 1 is 0.440 bits per heavy atom. The molecule has 0 bridgehead atoms. The van der Waals surface area contributed by atoms with Crippen molar-refractivity contribution in [2.45, 2.75) is 0 Å². The summed E-state index contributed by atoms with van der Waals surface area (Å²) >= 11 is 1.68. The summed E-state index contributed by atoms with van der Waals surface area (Å²) in [4.78, 5) is 15.2. The highest BCUT2D eigenvalue weighted by molar-refractivity contribution is 7.26. The lowest BCUT2D eigenvalue weighted by molar-refractivity contribution is 1.08. The predicted octanol–water partition coefficient (Wildman–Crippen LogP) is 12.0. The molecular weight excluding hydrogens is 629 g/mol. The fraction of sp³-hybridized carbons (Fsp3) is 0. The van der Waals surface area contributed by atoms with Gasteiger partial charge in [0.15, 0.2) is 17.5 Å². The van der Waals surface area contributed by atoms with Crippen LogP contribution < -0.4 is 0 Å². The van der Waals surface area contributed by atoms with Crippen LogP contribution in [0.1, 0.15) is 6.85 Å². The summed E-state index contributed by atoms with van der Waals surface area (Å²) in [5.74, 6) is 1.24. The van der Waals surface area contributed by atoms with Gasteiger partial charge in [0.2, 0.25) is 0 Å². The van der Waals surface area contributed by atoms with E-state index in [1.165, 1.54) is 10.8 Å². The van der Waals surface area contributed by atoms with Crippen LogP contribution in [0, 0.1) is 0 Å². The normalized spacial score (nSPS) is 13.0. The third-order valence-electron chi connectivity index (χ3n) is 9.18. The van der Waals surface area contributed by atoms with Crippen molar-refractivity contribution in [2.75, 3.05) is 0 Å². The molecular formula is C45H28N4S. The SMILES string of the molecule is [2H]c1c([2H])c([2H])c(-c2ccccc2-c2nc(-c3ccc(-n4c5ccccc5c5ccccc54)cc3)nc(-c3cccc4c3sc3ccccc34)n2)c([2H])c1[2H]. The Hall–Kier alpha value is -6.43. The van der Waals surface area contributed by atoms with Gasteiger partial charge in [-0.25, -0.2) is 15.0 Å². The molecule has 0 aliphatic rings. The summed E-state index contributed by atoms with van der Waals surface area (Å²) in [6.07, 6.45) is 0. The Morgan fingerprint density at radius 2 is 1.00 bits per heavy atom. The standard InChI is InChI=1S/C45H28N4S/c1-2-13-29(14-3-1)32-15-4-5-19-37(32)44-46-43(47-45(48-44)38-21-12-20-36-35-18-8-11-24-41(35)50-42(36)38)30-25-27-31(28-26-30)49-39-22-9-6-16-33(39)34-17-7-10-23-40(34)49/h1-28H/i1D,2D,3D,13D,14D. The Labute approximate surface area is 299 Å². The van der Waals surface area contributed by atoms with Crippen LogP contribution in [0.25, 0.3) is 93.0 Å². The number of nitrogens with zero attached hydrogens (tertiary/aromatic N) is 4. The van der Waals surface area contributed by atoms with Crippen molar-refractivity contribution in [3.8, 4) is 51.0 Å². The summed E-state index contributed by atoms with van der Waals surface area (Å²) in [6, 6.07) is 44.8. The molecule has 0 spiro atoms. The van der Waals surface area contributed by atoms with E-state index in [-0.39, 0.29) is 17.6 Å². The Bertz CT molecular complexity index is 3090. The van der Waals surface area contributed by atoms with Crippen molar-refractivity contribution in [1.29, 1.82) is 0 Å². The molecule has 5 heteroatoms. The fourth-order valence-electron chi connectivity index (χ4n) is 6.91. The molecule has 50 heavy (non-hydrogen) atoms. The number of rotatable bonds is 5. The maximum Gasteiger partial charge on any atom is 0.165 e. The summed E-state index contributed by atoms with van der Waals surface area (Å²) in [6.45, 7) is 0. The minimum Gasteiger partial charge on any atom is -0.309 e. The van der Waals surface area contributed by atoms with E-state index in [1.807, 2.05) is 48.5 Å². The molecule has 10 aromatic rings. The predicted molar refractivity (Wildman–Crippen MR) is 209 cm³/mol. The number of hydrogen-bond acceptors (Lipinski definition) is 4. The first kappa shape index (κ1) is 23.8. The van der Waals surface area contributed by atoms with Gasteiger partial charge in [-0.1, -0.05) is 121 Å². The zero-order valence-corrected chi connectivity index (χ0v) is 27.3. The lowest BCUT2D eigenvalue weighted by atomic mass is 9.99. The maximum atomic E-state index is 8.78. The van der Waals surface area contributed by atoms with E-state index in [9.17, 15) is 0 Å². The average molecular weight is 662 g/mol. The summed E-state index contributed by atoms with van der Waals surface area (Å²) < 4.78 is 47.0. The van der Waals surface area contributed by atoms with E-state index in [4.69, 9.17) is 21.8 Å². The molecule has 0 atom stereocenters. The summed E-state index contributed by atoms with van der Waals surface area (Å²) in [5, 5.41) is 4.63. The third kappa shape index (κ3) is 4.63. The number of thiophene rings is 1. The molecule has 0 saturated carbocycles. The fourth-order valence-corrected chi connectivity index (χ4v) is 8.12. The van der Waals surface area contributed by atoms with Gasteiger partial charge in [0, 0.05) is 53.3 Å². The molecule has 234 valence electrons. The van der Waals surface area contributed by atoms with E-state index >= 15 is 0 Å². The lowest BCUT2D eigenvalue weighted by Crippen LogP contribution is -2.01. The summed E-state index contributed by atoms with van der Waals surface area (Å²) in [5.41, 5.74) is 5.90. The van der Waals surface area contributed by atoms with Gasteiger partial charge < -0.3 is 4.57 Å². The van der Waals surface area contributed by atoms with E-state index in [0.29, 0.717) is 28.6 Å². The van der Waals surface area contributed by atoms with Crippen molar-refractivity contribution in [3.63, 3.8) is 0 Å². The van der Waals surface area contributed by atoms with Gasteiger partial charge in [0.1, 0.15) is 0 Å². The number of fused-ring (bicyclic) bond motifs is 6. The Morgan fingerprint density at radius 3 is 1.74 bits per heavy atom. The quantitative estimate of drug-likeness (QED) is 0.184. The van der Waals surface area contributed by atoms with Crippen LogP contribution in [0.3, 0.4) is 0 Å². The van der Waals surface area contributed by atoms with Gasteiger partial charge in [-0.2, -0.15) is 0 Å². The molecule has 0 unspecified atom stereocenters. The minimum absolute atomic E-state index is 0.0900. The molecule has 0 fully saturated rings. The molecule has 7 aromatic carbocycles.